The monoisotopic (exact) mass is 563 g/mol. The molecule has 0 radical (unpaired) electrons. The molecule has 0 spiro atoms. The maximum Gasteiger partial charge on any atom is 0.295 e. The van der Waals surface area contributed by atoms with Gasteiger partial charge >= 0.3 is 0 Å². The quantitative estimate of drug-likeness (QED) is 0.244. The van der Waals surface area contributed by atoms with Crippen LogP contribution < -0.4 is 24.8 Å². The number of nitrogens with zero attached hydrogens (tertiary/aromatic N) is 2. The van der Waals surface area contributed by atoms with E-state index in [9.17, 15) is 23.2 Å². The molecule has 3 aromatic rings. The molecule has 0 fully saturated rings. The number of hydrogen-bond acceptors (Lipinski definition) is 6. The van der Waals surface area contributed by atoms with Crippen LogP contribution in [0.1, 0.15) is 49.9 Å². The van der Waals surface area contributed by atoms with Crippen molar-refractivity contribution >= 4 is 21.4 Å². The number of aliphatic hydroxyl groups is 2. The SMILES string of the molecule is C[C@@H]1Cc2cc3c(cc2N1CCO)Oc1cc2c(cc1=C3c1ccccc1S(=O)(=O)O)C(C)(C)[C@@H](C)[N+]=2CCO. The fourth-order valence-corrected chi connectivity index (χ4v) is 7.44. The van der Waals surface area contributed by atoms with E-state index in [1.165, 1.54) is 6.07 Å². The lowest BCUT2D eigenvalue weighted by Gasteiger charge is -2.27. The Morgan fingerprint density at radius 2 is 1.77 bits per heavy atom. The molecular formula is C31H35N2O6S+. The third kappa shape index (κ3) is 3.98. The van der Waals surface area contributed by atoms with Crippen LogP contribution in [-0.4, -0.2) is 61.6 Å². The zero-order chi connectivity index (χ0) is 28.6. The highest BCUT2D eigenvalue weighted by Gasteiger charge is 2.45. The van der Waals surface area contributed by atoms with Crippen molar-refractivity contribution in [3.8, 4) is 11.5 Å². The van der Waals surface area contributed by atoms with Gasteiger partial charge in [-0.05, 0) is 57.9 Å². The normalized spacial score (nSPS) is 20.6. The van der Waals surface area contributed by atoms with Crippen molar-refractivity contribution in [1.82, 2.24) is 4.58 Å². The average molecular weight is 564 g/mol. The molecular weight excluding hydrogens is 528 g/mol. The summed E-state index contributed by atoms with van der Waals surface area (Å²) >= 11 is 0. The second-order valence-corrected chi connectivity index (χ2v) is 13.0. The number of ether oxygens (including phenoxy) is 1. The molecule has 3 aromatic carbocycles. The van der Waals surface area contributed by atoms with Crippen LogP contribution in [-0.2, 0) is 22.0 Å². The van der Waals surface area contributed by atoms with Gasteiger partial charge in [-0.25, -0.2) is 4.58 Å². The average Bonchev–Trinajstić information content (AvgIpc) is 3.30. The van der Waals surface area contributed by atoms with Gasteiger partial charge in [-0.15, -0.1) is 0 Å². The number of β-amino-alcohol motifs (C(OH)–C–C–N with tert-alkyl or cyclic N) is 2. The third-order valence-corrected chi connectivity index (χ3v) is 9.94. The van der Waals surface area contributed by atoms with E-state index in [0.717, 1.165) is 39.4 Å². The lowest BCUT2D eigenvalue weighted by Crippen LogP contribution is -2.39. The molecule has 9 heteroatoms. The molecule has 3 heterocycles. The van der Waals surface area contributed by atoms with Crippen molar-refractivity contribution < 1.29 is 27.9 Å². The molecule has 0 unspecified atom stereocenters. The van der Waals surface area contributed by atoms with Gasteiger partial charge in [-0.1, -0.05) is 18.2 Å². The van der Waals surface area contributed by atoms with Gasteiger partial charge in [0.1, 0.15) is 23.0 Å². The van der Waals surface area contributed by atoms with E-state index >= 15 is 0 Å². The molecule has 3 aliphatic heterocycles. The van der Waals surface area contributed by atoms with Crippen molar-refractivity contribution in [3.05, 3.63) is 81.4 Å². The van der Waals surface area contributed by atoms with E-state index in [1.807, 2.05) is 12.1 Å². The molecule has 0 saturated heterocycles. The highest BCUT2D eigenvalue weighted by atomic mass is 32.2. The summed E-state index contributed by atoms with van der Waals surface area (Å²) in [5, 5.41) is 21.2. The lowest BCUT2D eigenvalue weighted by atomic mass is 9.79. The first kappa shape index (κ1) is 27.0. The van der Waals surface area contributed by atoms with Gasteiger partial charge in [0.15, 0.2) is 12.6 Å². The third-order valence-electron chi connectivity index (χ3n) is 9.03. The molecule has 40 heavy (non-hydrogen) atoms. The Morgan fingerprint density at radius 3 is 2.48 bits per heavy atom. The highest BCUT2D eigenvalue weighted by molar-refractivity contribution is 7.86. The molecule has 3 N–H and O–H groups in total. The Hall–Kier alpha value is -3.24. The van der Waals surface area contributed by atoms with Crippen LogP contribution in [0.2, 0.25) is 0 Å². The number of rotatable bonds is 6. The molecule has 0 aliphatic carbocycles. The molecule has 210 valence electrons. The Balaban J connectivity index is 1.73. The van der Waals surface area contributed by atoms with Crippen LogP contribution in [0.25, 0.3) is 5.57 Å². The van der Waals surface area contributed by atoms with Gasteiger partial charge in [0.25, 0.3) is 10.1 Å². The topological polar surface area (TPSA) is 110 Å². The summed E-state index contributed by atoms with van der Waals surface area (Å²) in [6, 6.07) is 15.0. The van der Waals surface area contributed by atoms with Crippen LogP contribution in [0, 0.1) is 0 Å². The zero-order valence-electron chi connectivity index (χ0n) is 23.2. The minimum atomic E-state index is -4.52. The first-order valence-electron chi connectivity index (χ1n) is 13.7. The Morgan fingerprint density at radius 1 is 1.02 bits per heavy atom. The highest BCUT2D eigenvalue weighted by Crippen LogP contribution is 2.44. The van der Waals surface area contributed by atoms with E-state index < -0.39 is 10.1 Å². The minimum absolute atomic E-state index is 0.0186. The number of hydrogen-bond donors (Lipinski definition) is 3. The molecule has 3 aliphatic rings. The number of aliphatic hydroxyl groups excluding tert-OH is 2. The summed E-state index contributed by atoms with van der Waals surface area (Å²) in [5.74, 6) is 1.17. The number of fused-ring (bicyclic) bond motifs is 4. The first-order chi connectivity index (χ1) is 19.0. The van der Waals surface area contributed by atoms with E-state index in [2.05, 4.69) is 49.3 Å². The van der Waals surface area contributed by atoms with Crippen molar-refractivity contribution in [1.29, 1.82) is 0 Å². The molecule has 2 atom stereocenters. The molecule has 0 aromatic heterocycles. The Kier molecular flexibility index (Phi) is 6.34. The maximum atomic E-state index is 12.6. The predicted octanol–water partition coefficient (Wildman–Crippen LogP) is 2.19. The second-order valence-electron chi connectivity index (χ2n) is 11.6. The smallest absolute Gasteiger partial charge is 0.295 e. The summed E-state index contributed by atoms with van der Waals surface area (Å²) < 4.78 is 44.1. The van der Waals surface area contributed by atoms with E-state index in [1.54, 1.807) is 18.2 Å². The summed E-state index contributed by atoms with van der Waals surface area (Å²) in [4.78, 5) is 2.01. The zero-order valence-corrected chi connectivity index (χ0v) is 24.0. The van der Waals surface area contributed by atoms with E-state index in [-0.39, 0.29) is 35.6 Å². The number of benzene rings is 3. The van der Waals surface area contributed by atoms with Crippen molar-refractivity contribution in [2.24, 2.45) is 0 Å². The first-order valence-corrected chi connectivity index (χ1v) is 15.1. The molecule has 0 amide bonds. The van der Waals surface area contributed by atoms with Gasteiger partial charge in [-0.2, -0.15) is 8.42 Å². The largest absolute Gasteiger partial charge is 0.456 e. The summed E-state index contributed by atoms with van der Waals surface area (Å²) in [7, 11) is -4.52. The molecule has 6 rings (SSSR count). The van der Waals surface area contributed by atoms with Crippen LogP contribution in [0.5, 0.6) is 11.5 Å². The van der Waals surface area contributed by atoms with Gasteiger partial charge in [-0.3, -0.25) is 4.55 Å². The summed E-state index contributed by atoms with van der Waals surface area (Å²) in [5.41, 5.74) is 4.78. The van der Waals surface area contributed by atoms with Gasteiger partial charge in [0.05, 0.1) is 18.1 Å². The van der Waals surface area contributed by atoms with E-state index in [0.29, 0.717) is 35.7 Å². The molecule has 0 saturated carbocycles. The second kappa shape index (κ2) is 9.41. The van der Waals surface area contributed by atoms with Crippen molar-refractivity contribution in [2.75, 3.05) is 31.2 Å². The minimum Gasteiger partial charge on any atom is -0.456 e. The molecule has 8 nitrogen and oxygen atoms in total. The van der Waals surface area contributed by atoms with Crippen LogP contribution in [0.4, 0.5) is 5.69 Å². The summed E-state index contributed by atoms with van der Waals surface area (Å²) in [6.45, 7) is 9.64. The van der Waals surface area contributed by atoms with Gasteiger partial charge in [0.2, 0.25) is 5.36 Å². The van der Waals surface area contributed by atoms with Crippen molar-refractivity contribution in [2.45, 2.75) is 56.5 Å². The standard InChI is InChI=1S/C31H34N2O6S/c1-18-13-20-14-22-27(16-25(20)32(18)9-11-34)39-28-17-26-24(31(3,4)19(2)33(26)10-12-35)15-23(28)30(22)21-7-5-6-8-29(21)40(36,37)38/h5-8,14-19,34-35H,9-13H2,1-4H3/p+1/t18-,19-/m1/s1. The Labute approximate surface area is 234 Å². The lowest BCUT2D eigenvalue weighted by molar-refractivity contribution is 0.257. The Bertz CT molecular complexity index is 1780. The molecule has 0 bridgehead atoms. The predicted molar refractivity (Wildman–Crippen MR) is 153 cm³/mol. The summed E-state index contributed by atoms with van der Waals surface area (Å²) in [6.07, 6.45) is 0.785. The van der Waals surface area contributed by atoms with Gasteiger partial charge < -0.3 is 19.8 Å². The van der Waals surface area contributed by atoms with Crippen molar-refractivity contribution in [3.63, 3.8) is 0 Å². The van der Waals surface area contributed by atoms with Gasteiger partial charge in [0, 0.05) is 51.8 Å². The van der Waals surface area contributed by atoms with Crippen LogP contribution in [0.15, 0.2) is 53.4 Å². The fourth-order valence-electron chi connectivity index (χ4n) is 6.74. The maximum absolute atomic E-state index is 12.6. The fraction of sp³-hybridized carbons (Fsp3) is 0.387. The van der Waals surface area contributed by atoms with E-state index in [4.69, 9.17) is 4.74 Å². The van der Waals surface area contributed by atoms with Crippen LogP contribution >= 0.6 is 0 Å². The number of anilines is 1. The van der Waals surface area contributed by atoms with Crippen LogP contribution in [0.3, 0.4) is 0 Å².